The second kappa shape index (κ2) is 6.62. The van der Waals surface area contributed by atoms with Gasteiger partial charge >= 0.3 is 5.97 Å². The number of benzene rings is 1. The molecule has 0 radical (unpaired) electrons. The maximum atomic E-state index is 11.5. The summed E-state index contributed by atoms with van der Waals surface area (Å²) >= 11 is 5.30. The first kappa shape index (κ1) is 15.4. The highest BCUT2D eigenvalue weighted by molar-refractivity contribution is 7.71. The smallest absolute Gasteiger partial charge is 0.307 e. The Hall–Kier alpha value is -2.02. The molecule has 2 rings (SSSR count). The molecule has 114 valence electrons. The second-order valence-corrected chi connectivity index (χ2v) is 4.75. The summed E-state index contributed by atoms with van der Waals surface area (Å²) in [5.41, 5.74) is 1.70. The van der Waals surface area contributed by atoms with Crippen molar-refractivity contribution in [2.75, 3.05) is 20.8 Å². The number of nitrogens with one attached hydrogen (secondary N) is 1. The lowest BCUT2D eigenvalue weighted by Crippen LogP contribution is -2.09. The predicted octanol–water partition coefficient (Wildman–Crippen LogP) is 2.67. The van der Waals surface area contributed by atoms with E-state index < -0.39 is 0 Å². The normalized spacial score (nSPS) is 10.6. The highest BCUT2D eigenvalue weighted by Crippen LogP contribution is 2.31. The highest BCUT2D eigenvalue weighted by Gasteiger charge is 2.12. The molecule has 1 heterocycles. The topological polar surface area (TPSA) is 65.5 Å². The number of aryl methyl sites for hydroxylation is 1. The van der Waals surface area contributed by atoms with Crippen molar-refractivity contribution in [2.45, 2.75) is 19.9 Å². The molecule has 0 saturated heterocycles. The Balaban J connectivity index is 2.37. The van der Waals surface area contributed by atoms with Crippen LogP contribution in [0.5, 0.6) is 11.5 Å². The highest BCUT2D eigenvalue weighted by atomic mass is 32.1. The summed E-state index contributed by atoms with van der Waals surface area (Å²) in [6.45, 7) is 2.61. The molecule has 0 aliphatic carbocycles. The molecule has 1 aromatic carbocycles. The van der Waals surface area contributed by atoms with Crippen LogP contribution in [0.3, 0.4) is 0 Å². The lowest BCUT2D eigenvalue weighted by atomic mass is 10.2. The predicted molar refractivity (Wildman–Crippen MR) is 81.5 cm³/mol. The number of hydrogen-bond acceptors (Lipinski definition) is 5. The van der Waals surface area contributed by atoms with Gasteiger partial charge in [-0.15, -0.1) is 0 Å². The maximum absolute atomic E-state index is 11.5. The molecular weight excluding hydrogens is 292 g/mol. The van der Waals surface area contributed by atoms with E-state index in [4.69, 9.17) is 26.4 Å². The van der Waals surface area contributed by atoms with Crippen molar-refractivity contribution in [3.63, 3.8) is 0 Å². The minimum atomic E-state index is -0.241. The van der Waals surface area contributed by atoms with Crippen molar-refractivity contribution in [3.8, 4) is 11.5 Å². The van der Waals surface area contributed by atoms with Crippen LogP contribution in [-0.2, 0) is 16.1 Å². The third-order valence-corrected chi connectivity index (χ3v) is 3.45. The SMILES string of the molecule is CCOC(=O)CCn1c(=S)[nH]c2cc(OC)c(OC)cc21. The van der Waals surface area contributed by atoms with E-state index in [1.54, 1.807) is 21.1 Å². The molecule has 0 aliphatic rings. The van der Waals surface area contributed by atoms with Crippen LogP contribution >= 0.6 is 12.2 Å². The Kier molecular flexibility index (Phi) is 4.85. The summed E-state index contributed by atoms with van der Waals surface area (Å²) in [5, 5.41) is 0. The van der Waals surface area contributed by atoms with Gasteiger partial charge in [-0.2, -0.15) is 0 Å². The van der Waals surface area contributed by atoms with Crippen LogP contribution in [0.2, 0.25) is 0 Å². The van der Waals surface area contributed by atoms with Crippen LogP contribution in [0.25, 0.3) is 11.0 Å². The number of hydrogen-bond donors (Lipinski definition) is 1. The minimum Gasteiger partial charge on any atom is -0.493 e. The van der Waals surface area contributed by atoms with E-state index in [9.17, 15) is 4.79 Å². The summed E-state index contributed by atoms with van der Waals surface area (Å²) in [6.07, 6.45) is 0.267. The number of aromatic amines is 1. The van der Waals surface area contributed by atoms with E-state index in [0.29, 0.717) is 29.4 Å². The number of esters is 1. The first-order chi connectivity index (χ1) is 10.1. The molecule has 21 heavy (non-hydrogen) atoms. The number of methoxy groups -OCH3 is 2. The Bertz CT molecular complexity index is 705. The van der Waals surface area contributed by atoms with Gasteiger partial charge in [0.05, 0.1) is 38.3 Å². The van der Waals surface area contributed by atoms with Gasteiger partial charge in [-0.1, -0.05) is 0 Å². The quantitative estimate of drug-likeness (QED) is 0.656. The van der Waals surface area contributed by atoms with Crippen molar-refractivity contribution in [2.24, 2.45) is 0 Å². The zero-order chi connectivity index (χ0) is 15.4. The molecule has 0 aliphatic heterocycles. The van der Waals surface area contributed by atoms with E-state index in [-0.39, 0.29) is 12.4 Å². The van der Waals surface area contributed by atoms with Crippen molar-refractivity contribution < 1.29 is 19.0 Å². The summed E-state index contributed by atoms with van der Waals surface area (Å²) in [4.78, 5) is 14.6. The van der Waals surface area contributed by atoms with Gasteiger partial charge in [0, 0.05) is 18.7 Å². The zero-order valence-electron chi connectivity index (χ0n) is 12.3. The van der Waals surface area contributed by atoms with E-state index in [1.165, 1.54) is 0 Å². The van der Waals surface area contributed by atoms with Gasteiger partial charge in [0.2, 0.25) is 0 Å². The number of nitrogens with zero attached hydrogens (tertiary/aromatic N) is 1. The Morgan fingerprint density at radius 1 is 1.29 bits per heavy atom. The van der Waals surface area contributed by atoms with Crippen molar-refractivity contribution in [3.05, 3.63) is 16.9 Å². The Morgan fingerprint density at radius 2 is 1.95 bits per heavy atom. The molecule has 6 nitrogen and oxygen atoms in total. The van der Waals surface area contributed by atoms with Crippen LogP contribution in [0.1, 0.15) is 13.3 Å². The van der Waals surface area contributed by atoms with Crippen LogP contribution < -0.4 is 9.47 Å². The number of fused-ring (bicyclic) bond motifs is 1. The first-order valence-electron chi connectivity index (χ1n) is 6.60. The molecule has 7 heteroatoms. The molecule has 0 atom stereocenters. The van der Waals surface area contributed by atoms with Crippen molar-refractivity contribution in [1.29, 1.82) is 0 Å². The number of aromatic nitrogens is 2. The third-order valence-electron chi connectivity index (χ3n) is 3.12. The second-order valence-electron chi connectivity index (χ2n) is 4.36. The number of rotatable bonds is 6. The standard InChI is InChI=1S/C14H18N2O4S/c1-4-20-13(17)5-6-16-10-8-12(19-3)11(18-2)7-9(10)15-14(16)21/h7-8H,4-6H2,1-3H3,(H,15,21). The number of H-pyrrole nitrogens is 1. The Labute approximate surface area is 127 Å². The molecule has 0 bridgehead atoms. The molecular formula is C14H18N2O4S. The molecule has 0 saturated carbocycles. The van der Waals surface area contributed by atoms with Crippen molar-refractivity contribution >= 4 is 29.2 Å². The molecule has 2 aromatic rings. The van der Waals surface area contributed by atoms with Crippen LogP contribution in [0, 0.1) is 4.77 Å². The molecule has 0 fully saturated rings. The zero-order valence-corrected chi connectivity index (χ0v) is 13.1. The molecule has 0 amide bonds. The maximum Gasteiger partial charge on any atom is 0.307 e. The van der Waals surface area contributed by atoms with E-state index in [2.05, 4.69) is 4.98 Å². The largest absolute Gasteiger partial charge is 0.493 e. The van der Waals surface area contributed by atoms with E-state index >= 15 is 0 Å². The average Bonchev–Trinajstić information content (AvgIpc) is 2.78. The first-order valence-corrected chi connectivity index (χ1v) is 7.01. The summed E-state index contributed by atoms with van der Waals surface area (Å²) in [7, 11) is 3.16. The average molecular weight is 310 g/mol. The van der Waals surface area contributed by atoms with Gasteiger partial charge in [-0.25, -0.2) is 0 Å². The van der Waals surface area contributed by atoms with Crippen LogP contribution in [0.15, 0.2) is 12.1 Å². The van der Waals surface area contributed by atoms with Crippen molar-refractivity contribution in [1.82, 2.24) is 9.55 Å². The molecule has 0 spiro atoms. The van der Waals surface area contributed by atoms with Gasteiger partial charge in [0.1, 0.15) is 0 Å². The van der Waals surface area contributed by atoms with Gasteiger partial charge < -0.3 is 23.8 Å². The third kappa shape index (κ3) is 3.18. The van der Waals surface area contributed by atoms with Crippen LogP contribution in [-0.4, -0.2) is 36.3 Å². The lowest BCUT2D eigenvalue weighted by Gasteiger charge is -2.09. The summed E-state index contributed by atoms with van der Waals surface area (Å²) in [5.74, 6) is 0.997. The summed E-state index contributed by atoms with van der Waals surface area (Å²) in [6, 6.07) is 3.66. The van der Waals surface area contributed by atoms with Gasteiger partial charge in [0.15, 0.2) is 16.3 Å². The number of carbonyl (C=O) groups is 1. The molecule has 1 N–H and O–H groups in total. The minimum absolute atomic E-state index is 0.241. The molecule has 1 aromatic heterocycles. The summed E-state index contributed by atoms with van der Waals surface area (Å²) < 4.78 is 17.9. The fraction of sp³-hybridized carbons (Fsp3) is 0.429. The number of carbonyl (C=O) groups excluding carboxylic acids is 1. The van der Waals surface area contributed by atoms with E-state index in [0.717, 1.165) is 11.0 Å². The Morgan fingerprint density at radius 3 is 2.57 bits per heavy atom. The van der Waals surface area contributed by atoms with Gasteiger partial charge in [-0.3, -0.25) is 4.79 Å². The number of ether oxygens (including phenoxy) is 3. The van der Waals surface area contributed by atoms with Gasteiger partial charge in [-0.05, 0) is 19.1 Å². The molecule has 0 unspecified atom stereocenters. The van der Waals surface area contributed by atoms with E-state index in [1.807, 2.05) is 16.7 Å². The monoisotopic (exact) mass is 310 g/mol. The lowest BCUT2D eigenvalue weighted by molar-refractivity contribution is -0.143. The fourth-order valence-electron chi connectivity index (χ4n) is 2.14. The fourth-order valence-corrected chi connectivity index (χ4v) is 2.44. The number of imidazole rings is 1. The van der Waals surface area contributed by atoms with Crippen LogP contribution in [0.4, 0.5) is 0 Å². The van der Waals surface area contributed by atoms with Gasteiger partial charge in [0.25, 0.3) is 0 Å².